The highest BCUT2D eigenvalue weighted by atomic mass is 35.5. The lowest BCUT2D eigenvalue weighted by Gasteiger charge is -2.14. The maximum absolute atomic E-state index is 11.0. The van der Waals surface area contributed by atoms with Crippen molar-refractivity contribution in [3.05, 3.63) is 24.2 Å². The number of rotatable bonds is 3. The second-order valence-electron chi connectivity index (χ2n) is 3.87. The van der Waals surface area contributed by atoms with Crippen molar-refractivity contribution in [2.45, 2.75) is 5.92 Å². The van der Waals surface area contributed by atoms with Crippen molar-refractivity contribution in [2.75, 3.05) is 18.8 Å². The van der Waals surface area contributed by atoms with Crippen molar-refractivity contribution >= 4 is 22.4 Å². The van der Waals surface area contributed by atoms with Crippen molar-refractivity contribution in [2.24, 2.45) is 11.1 Å². The van der Waals surface area contributed by atoms with Crippen LogP contribution in [0.5, 0.6) is 0 Å². The van der Waals surface area contributed by atoms with Crippen molar-refractivity contribution < 1.29 is 12.8 Å². The van der Waals surface area contributed by atoms with Gasteiger partial charge in [0.15, 0.2) is 0 Å². The summed E-state index contributed by atoms with van der Waals surface area (Å²) in [4.78, 5) is 0. The van der Waals surface area contributed by atoms with Crippen LogP contribution in [0.2, 0.25) is 0 Å². The van der Waals surface area contributed by atoms with Gasteiger partial charge < -0.3 is 9.73 Å². The molecule has 2 rings (SSSR count). The Morgan fingerprint density at radius 3 is 2.81 bits per heavy atom. The molecule has 5 nitrogen and oxygen atoms in total. The molecule has 1 aliphatic heterocycles. The summed E-state index contributed by atoms with van der Waals surface area (Å²) in [7, 11) is -3.41. The zero-order chi connectivity index (χ0) is 10.9. The van der Waals surface area contributed by atoms with E-state index in [0.29, 0.717) is 6.54 Å². The summed E-state index contributed by atoms with van der Waals surface area (Å²) in [5.41, 5.74) is 0. The average molecular weight is 267 g/mol. The van der Waals surface area contributed by atoms with Crippen LogP contribution in [0.4, 0.5) is 0 Å². The van der Waals surface area contributed by atoms with Crippen molar-refractivity contribution in [1.82, 2.24) is 5.32 Å². The van der Waals surface area contributed by atoms with Crippen LogP contribution in [0.1, 0.15) is 11.7 Å². The first-order chi connectivity index (χ1) is 7.06. The predicted octanol–water partition coefficient (Wildman–Crippen LogP) is 0.293. The second-order valence-corrected chi connectivity index (χ2v) is 5.53. The Morgan fingerprint density at radius 1 is 1.50 bits per heavy atom. The molecular formula is C9H15ClN2O3S. The maximum atomic E-state index is 11.0. The number of furan rings is 1. The molecule has 2 heterocycles. The Kier molecular flexibility index (Phi) is 4.37. The van der Waals surface area contributed by atoms with E-state index in [-0.39, 0.29) is 30.0 Å². The zero-order valence-corrected chi connectivity index (χ0v) is 10.3. The average Bonchev–Trinajstić information content (AvgIpc) is 2.68. The molecule has 1 fully saturated rings. The molecule has 0 radical (unpaired) electrons. The van der Waals surface area contributed by atoms with Crippen LogP contribution >= 0.6 is 12.4 Å². The van der Waals surface area contributed by atoms with Crippen LogP contribution in [-0.4, -0.2) is 27.3 Å². The topological polar surface area (TPSA) is 85.3 Å². The molecule has 1 aliphatic rings. The van der Waals surface area contributed by atoms with Crippen molar-refractivity contribution in [3.8, 4) is 0 Å². The van der Waals surface area contributed by atoms with E-state index in [1.165, 1.54) is 0 Å². The van der Waals surface area contributed by atoms with Gasteiger partial charge in [0.05, 0.1) is 12.0 Å². The molecule has 0 aliphatic carbocycles. The van der Waals surface area contributed by atoms with Crippen LogP contribution in [-0.2, 0) is 10.0 Å². The van der Waals surface area contributed by atoms with Gasteiger partial charge in [-0.1, -0.05) is 0 Å². The number of nitrogens with one attached hydrogen (secondary N) is 1. The quantitative estimate of drug-likeness (QED) is 0.824. The third-order valence-electron chi connectivity index (χ3n) is 2.69. The molecule has 0 saturated carbocycles. The highest BCUT2D eigenvalue weighted by Crippen LogP contribution is 2.28. The first kappa shape index (κ1) is 13.5. The van der Waals surface area contributed by atoms with Crippen LogP contribution in [0.3, 0.4) is 0 Å². The fourth-order valence-electron chi connectivity index (χ4n) is 2.04. The SMILES string of the molecule is Cl.NS(=O)(=O)CC1CNCC1c1ccco1. The van der Waals surface area contributed by atoms with E-state index in [1.54, 1.807) is 6.26 Å². The van der Waals surface area contributed by atoms with E-state index < -0.39 is 10.0 Å². The molecule has 2 unspecified atom stereocenters. The summed E-state index contributed by atoms with van der Waals surface area (Å²) in [5.74, 6) is 0.948. The highest BCUT2D eigenvalue weighted by molar-refractivity contribution is 7.89. The summed E-state index contributed by atoms with van der Waals surface area (Å²) < 4.78 is 27.3. The lowest BCUT2D eigenvalue weighted by molar-refractivity contribution is 0.430. The third kappa shape index (κ3) is 3.21. The molecule has 92 valence electrons. The van der Waals surface area contributed by atoms with Crippen molar-refractivity contribution in [1.29, 1.82) is 0 Å². The molecule has 1 aromatic heterocycles. The first-order valence-corrected chi connectivity index (χ1v) is 6.52. The van der Waals surface area contributed by atoms with Crippen LogP contribution in [0, 0.1) is 5.92 Å². The summed E-state index contributed by atoms with van der Waals surface area (Å²) in [6.45, 7) is 1.41. The summed E-state index contributed by atoms with van der Waals surface area (Å²) >= 11 is 0. The van der Waals surface area contributed by atoms with Crippen LogP contribution in [0.25, 0.3) is 0 Å². The van der Waals surface area contributed by atoms with Gasteiger partial charge in [0.25, 0.3) is 0 Å². The van der Waals surface area contributed by atoms with Gasteiger partial charge in [0.2, 0.25) is 10.0 Å². The summed E-state index contributed by atoms with van der Waals surface area (Å²) in [5, 5.41) is 8.20. The molecule has 0 aromatic carbocycles. The van der Waals surface area contributed by atoms with Crippen molar-refractivity contribution in [3.63, 3.8) is 0 Å². The van der Waals surface area contributed by atoms with E-state index in [9.17, 15) is 8.42 Å². The van der Waals surface area contributed by atoms with Gasteiger partial charge >= 0.3 is 0 Å². The number of primary sulfonamides is 1. The monoisotopic (exact) mass is 266 g/mol. The van der Waals surface area contributed by atoms with E-state index in [1.807, 2.05) is 12.1 Å². The van der Waals surface area contributed by atoms with Gasteiger partial charge in [-0.25, -0.2) is 13.6 Å². The standard InChI is InChI=1S/C9H14N2O3S.ClH/c10-15(12,13)6-7-4-11-5-8(7)9-2-1-3-14-9;/h1-3,7-8,11H,4-6H2,(H2,10,12,13);1H. The Bertz CT molecular complexity index is 418. The minimum atomic E-state index is -3.41. The first-order valence-electron chi connectivity index (χ1n) is 4.81. The van der Waals surface area contributed by atoms with Gasteiger partial charge in [0.1, 0.15) is 5.76 Å². The molecule has 0 bridgehead atoms. The zero-order valence-electron chi connectivity index (χ0n) is 8.63. The van der Waals surface area contributed by atoms with Gasteiger partial charge in [-0.3, -0.25) is 0 Å². The van der Waals surface area contributed by atoms with Gasteiger partial charge in [0, 0.05) is 12.5 Å². The minimum absolute atomic E-state index is 0. The number of nitrogens with two attached hydrogens (primary N) is 1. The number of hydrogen-bond acceptors (Lipinski definition) is 4. The molecule has 3 N–H and O–H groups in total. The van der Waals surface area contributed by atoms with E-state index >= 15 is 0 Å². The van der Waals surface area contributed by atoms with Gasteiger partial charge in [-0.2, -0.15) is 0 Å². The molecule has 2 atom stereocenters. The van der Waals surface area contributed by atoms with E-state index in [2.05, 4.69) is 5.32 Å². The van der Waals surface area contributed by atoms with Crippen LogP contribution in [0.15, 0.2) is 22.8 Å². The molecule has 0 amide bonds. The maximum Gasteiger partial charge on any atom is 0.209 e. The second kappa shape index (κ2) is 5.18. The summed E-state index contributed by atoms with van der Waals surface area (Å²) in [6.07, 6.45) is 1.60. The molecule has 1 aromatic rings. The number of halogens is 1. The van der Waals surface area contributed by atoms with E-state index in [0.717, 1.165) is 12.3 Å². The highest BCUT2D eigenvalue weighted by Gasteiger charge is 2.32. The predicted molar refractivity (Wildman–Crippen MR) is 63.0 cm³/mol. The Morgan fingerprint density at radius 2 is 2.25 bits per heavy atom. The lowest BCUT2D eigenvalue weighted by Crippen LogP contribution is -2.26. The fourth-order valence-corrected chi connectivity index (χ4v) is 2.99. The molecule has 16 heavy (non-hydrogen) atoms. The Balaban J connectivity index is 0.00000128. The minimum Gasteiger partial charge on any atom is -0.469 e. The normalized spacial score (nSPS) is 25.3. The third-order valence-corrected chi connectivity index (χ3v) is 3.59. The lowest BCUT2D eigenvalue weighted by atomic mass is 9.95. The van der Waals surface area contributed by atoms with Crippen LogP contribution < -0.4 is 10.5 Å². The molecule has 7 heteroatoms. The Labute approximate surface area is 101 Å². The molecule has 0 spiro atoms. The summed E-state index contributed by atoms with van der Waals surface area (Å²) in [6, 6.07) is 3.68. The number of hydrogen-bond donors (Lipinski definition) is 2. The largest absolute Gasteiger partial charge is 0.469 e. The smallest absolute Gasteiger partial charge is 0.209 e. The number of sulfonamides is 1. The Hall–Kier alpha value is -0.560. The molecule has 1 saturated heterocycles. The van der Waals surface area contributed by atoms with Gasteiger partial charge in [-0.05, 0) is 24.6 Å². The fraction of sp³-hybridized carbons (Fsp3) is 0.556. The van der Waals surface area contributed by atoms with E-state index in [4.69, 9.17) is 9.56 Å². The van der Waals surface area contributed by atoms with Gasteiger partial charge in [-0.15, -0.1) is 12.4 Å². The molecular weight excluding hydrogens is 252 g/mol.